The van der Waals surface area contributed by atoms with Crippen LogP contribution in [0.15, 0.2) is 67.0 Å². The molecule has 3 N–H and O–H groups in total. The fraction of sp³-hybridized carbons (Fsp3) is 0.185. The number of nitrogens with zero attached hydrogens (tertiary/aromatic N) is 3. The molecule has 3 aromatic heterocycles. The van der Waals surface area contributed by atoms with Gasteiger partial charge in [0.25, 0.3) is 5.91 Å². The van der Waals surface area contributed by atoms with Gasteiger partial charge in [-0.3, -0.25) is 14.9 Å². The number of hydrogen-bond donors (Lipinski definition) is 3. The van der Waals surface area contributed by atoms with Crippen molar-refractivity contribution in [3.8, 4) is 11.1 Å². The lowest BCUT2D eigenvalue weighted by Gasteiger charge is -2.14. The number of H-pyrrole nitrogens is 1. The zero-order chi connectivity index (χ0) is 24.8. The minimum atomic E-state index is -0.355. The van der Waals surface area contributed by atoms with Gasteiger partial charge in [-0.05, 0) is 72.9 Å². The van der Waals surface area contributed by atoms with E-state index in [-0.39, 0.29) is 35.5 Å². The number of hydrogen-bond acceptors (Lipinski definition) is 4. The molecule has 1 aliphatic rings. The highest BCUT2D eigenvalue weighted by Crippen LogP contribution is 2.30. The van der Waals surface area contributed by atoms with Crippen LogP contribution in [-0.2, 0) is 4.79 Å². The Bertz CT molecular complexity index is 1630. The molecule has 1 aliphatic carbocycles. The van der Waals surface area contributed by atoms with Gasteiger partial charge in [0.2, 0.25) is 11.9 Å². The van der Waals surface area contributed by atoms with Gasteiger partial charge in [0.05, 0.1) is 11.6 Å². The number of pyridine rings is 1. The van der Waals surface area contributed by atoms with Crippen molar-refractivity contribution in [2.45, 2.75) is 25.8 Å². The van der Waals surface area contributed by atoms with Crippen molar-refractivity contribution in [1.29, 1.82) is 0 Å². The maximum atomic E-state index is 13.6. The Morgan fingerprint density at radius 2 is 1.94 bits per heavy atom. The number of aromatic nitrogens is 4. The molecule has 2 amide bonds. The Labute approximate surface area is 205 Å². The first-order valence-electron chi connectivity index (χ1n) is 11.8. The van der Waals surface area contributed by atoms with E-state index in [1.54, 1.807) is 29.0 Å². The number of rotatable bonds is 6. The van der Waals surface area contributed by atoms with Crippen LogP contribution in [-0.4, -0.2) is 31.4 Å². The van der Waals surface area contributed by atoms with Crippen LogP contribution in [0.2, 0.25) is 0 Å². The molecule has 8 nitrogen and oxygen atoms in total. The molecule has 0 radical (unpaired) electrons. The number of carbonyl (C=O) groups is 2. The number of nitrogens with one attached hydrogen (secondary N) is 3. The molecule has 1 saturated carbocycles. The smallest absolute Gasteiger partial charge is 0.253 e. The van der Waals surface area contributed by atoms with Crippen molar-refractivity contribution in [3.05, 3.63) is 83.9 Å². The van der Waals surface area contributed by atoms with Gasteiger partial charge in [-0.1, -0.05) is 18.2 Å². The second kappa shape index (κ2) is 8.60. The van der Waals surface area contributed by atoms with E-state index in [1.165, 1.54) is 12.1 Å². The number of halogens is 1. The van der Waals surface area contributed by atoms with Gasteiger partial charge in [-0.2, -0.15) is 4.98 Å². The predicted octanol–water partition coefficient (Wildman–Crippen LogP) is 4.86. The van der Waals surface area contributed by atoms with Crippen molar-refractivity contribution >= 4 is 34.3 Å². The monoisotopic (exact) mass is 482 g/mol. The lowest BCUT2D eigenvalue weighted by atomic mass is 10.0. The van der Waals surface area contributed by atoms with Crippen LogP contribution < -0.4 is 10.6 Å². The molecule has 9 heteroatoms. The van der Waals surface area contributed by atoms with Crippen LogP contribution in [0, 0.1) is 11.7 Å². The molecule has 1 fully saturated rings. The Kier molecular flexibility index (Phi) is 5.25. The van der Waals surface area contributed by atoms with E-state index < -0.39 is 0 Å². The van der Waals surface area contributed by atoms with Crippen molar-refractivity contribution in [2.75, 3.05) is 5.32 Å². The molecule has 36 heavy (non-hydrogen) atoms. The lowest BCUT2D eigenvalue weighted by Crippen LogP contribution is -2.26. The third kappa shape index (κ3) is 4.19. The van der Waals surface area contributed by atoms with Crippen LogP contribution >= 0.6 is 0 Å². The van der Waals surface area contributed by atoms with E-state index in [9.17, 15) is 14.0 Å². The number of carbonyl (C=O) groups excluding carboxylic acids is 2. The van der Waals surface area contributed by atoms with Gasteiger partial charge in [0.15, 0.2) is 5.65 Å². The summed E-state index contributed by atoms with van der Waals surface area (Å²) in [6, 6.07) is 15.5. The fourth-order valence-corrected chi connectivity index (χ4v) is 4.29. The highest BCUT2D eigenvalue weighted by molar-refractivity contribution is 6.07. The molecule has 0 bridgehead atoms. The Morgan fingerprint density at radius 1 is 1.11 bits per heavy atom. The fourth-order valence-electron chi connectivity index (χ4n) is 4.29. The molecule has 180 valence electrons. The van der Waals surface area contributed by atoms with Crippen LogP contribution in [0.5, 0.6) is 0 Å². The first-order valence-corrected chi connectivity index (χ1v) is 11.8. The standard InChI is InChI=1S/C27H23FN6O2/c1-15(17-3-2-4-20(28)11-17)30-26(36)22-14-29-23-8-7-18(12-21(22)23)19-9-10-34-24(13-19)31-27(33-34)32-25(35)16-5-6-16/h2-4,7-16,29H,5-6H2,1H3,(H,30,36)(H,32,33,35)/t15-/m0/s1. The summed E-state index contributed by atoms with van der Waals surface area (Å²) in [6.45, 7) is 1.82. The van der Waals surface area contributed by atoms with Gasteiger partial charge in [-0.15, -0.1) is 5.10 Å². The Balaban J connectivity index is 1.27. The third-order valence-corrected chi connectivity index (χ3v) is 6.48. The van der Waals surface area contributed by atoms with E-state index in [0.29, 0.717) is 16.8 Å². The summed E-state index contributed by atoms with van der Waals surface area (Å²) < 4.78 is 15.2. The zero-order valence-corrected chi connectivity index (χ0v) is 19.5. The van der Waals surface area contributed by atoms with E-state index in [2.05, 4.69) is 25.7 Å². The number of amides is 2. The summed E-state index contributed by atoms with van der Waals surface area (Å²) in [5.41, 5.74) is 4.44. The van der Waals surface area contributed by atoms with E-state index in [1.807, 2.05) is 37.3 Å². The quantitative estimate of drug-likeness (QED) is 0.322. The molecular weight excluding hydrogens is 459 g/mol. The predicted molar refractivity (Wildman–Crippen MR) is 134 cm³/mol. The van der Waals surface area contributed by atoms with Crippen LogP contribution in [0.25, 0.3) is 27.7 Å². The maximum absolute atomic E-state index is 13.6. The number of anilines is 1. The summed E-state index contributed by atoms with van der Waals surface area (Å²) in [6.07, 6.45) is 5.29. The molecule has 6 rings (SSSR count). The summed E-state index contributed by atoms with van der Waals surface area (Å²) in [5.74, 6) is -0.270. The van der Waals surface area contributed by atoms with Gasteiger partial charge >= 0.3 is 0 Å². The summed E-state index contributed by atoms with van der Waals surface area (Å²) in [5, 5.41) is 10.8. The number of benzene rings is 2. The van der Waals surface area contributed by atoms with Gasteiger partial charge in [0.1, 0.15) is 5.82 Å². The molecule has 1 atom stereocenters. The first kappa shape index (κ1) is 22.0. The maximum Gasteiger partial charge on any atom is 0.253 e. The van der Waals surface area contributed by atoms with Gasteiger partial charge < -0.3 is 10.3 Å². The van der Waals surface area contributed by atoms with Crippen LogP contribution in [0.4, 0.5) is 10.3 Å². The van der Waals surface area contributed by atoms with Crippen molar-refractivity contribution in [3.63, 3.8) is 0 Å². The third-order valence-electron chi connectivity index (χ3n) is 6.48. The van der Waals surface area contributed by atoms with Crippen LogP contribution in [0.1, 0.15) is 41.7 Å². The summed E-state index contributed by atoms with van der Waals surface area (Å²) >= 11 is 0. The normalized spacial score (nSPS) is 14.2. The van der Waals surface area contributed by atoms with E-state index in [4.69, 9.17) is 0 Å². The minimum Gasteiger partial charge on any atom is -0.360 e. The average Bonchev–Trinajstić information content (AvgIpc) is 3.52. The number of aromatic amines is 1. The first-order chi connectivity index (χ1) is 17.4. The summed E-state index contributed by atoms with van der Waals surface area (Å²) in [4.78, 5) is 32.7. The molecule has 5 aromatic rings. The zero-order valence-electron chi connectivity index (χ0n) is 19.5. The lowest BCUT2D eigenvalue weighted by molar-refractivity contribution is -0.117. The Hall–Kier alpha value is -4.53. The molecule has 3 heterocycles. The summed E-state index contributed by atoms with van der Waals surface area (Å²) in [7, 11) is 0. The second-order valence-corrected chi connectivity index (χ2v) is 9.13. The molecule has 0 unspecified atom stereocenters. The van der Waals surface area contributed by atoms with Crippen molar-refractivity contribution in [2.24, 2.45) is 5.92 Å². The van der Waals surface area contributed by atoms with Gasteiger partial charge in [-0.25, -0.2) is 8.91 Å². The second-order valence-electron chi connectivity index (χ2n) is 9.13. The molecule has 2 aromatic carbocycles. The van der Waals surface area contributed by atoms with E-state index >= 15 is 0 Å². The molecule has 0 aliphatic heterocycles. The van der Waals surface area contributed by atoms with Crippen molar-refractivity contribution in [1.82, 2.24) is 24.9 Å². The number of fused-ring (bicyclic) bond motifs is 2. The highest BCUT2D eigenvalue weighted by Gasteiger charge is 2.30. The molecule has 0 spiro atoms. The van der Waals surface area contributed by atoms with Crippen molar-refractivity contribution < 1.29 is 14.0 Å². The van der Waals surface area contributed by atoms with E-state index in [0.717, 1.165) is 34.9 Å². The SMILES string of the molecule is C[C@H](NC(=O)c1c[nH]c2ccc(-c3ccn4nc(NC(=O)C5CC5)nc4c3)cc12)c1cccc(F)c1. The van der Waals surface area contributed by atoms with Crippen LogP contribution in [0.3, 0.4) is 0 Å². The Morgan fingerprint density at radius 3 is 2.75 bits per heavy atom. The average molecular weight is 483 g/mol. The van der Waals surface area contributed by atoms with Gasteiger partial charge in [0, 0.05) is 29.2 Å². The molecular formula is C27H23FN6O2. The highest BCUT2D eigenvalue weighted by atomic mass is 19.1. The molecule has 0 saturated heterocycles. The largest absolute Gasteiger partial charge is 0.360 e. The minimum absolute atomic E-state index is 0.0402. The topological polar surface area (TPSA) is 104 Å².